The van der Waals surface area contributed by atoms with Crippen molar-refractivity contribution in [3.8, 4) is 0 Å². The Morgan fingerprint density at radius 3 is 2.48 bits per heavy atom. The second-order valence-electron chi connectivity index (χ2n) is 6.34. The number of likely N-dealkylation sites (N-methyl/N-ethyl adjacent to an activating group) is 1. The molecular formula is C17H27N3O. The molecule has 4 nitrogen and oxygen atoms in total. The first kappa shape index (κ1) is 15.7. The lowest BCUT2D eigenvalue weighted by molar-refractivity contribution is 0.146. The number of nitrogens with zero attached hydrogens (tertiary/aromatic N) is 2. The third kappa shape index (κ3) is 4.66. The van der Waals surface area contributed by atoms with Gasteiger partial charge in [0.1, 0.15) is 0 Å². The molecule has 0 bridgehead atoms. The summed E-state index contributed by atoms with van der Waals surface area (Å²) in [5, 5.41) is 3.04. The minimum atomic E-state index is 0.0786. The highest BCUT2D eigenvalue weighted by Gasteiger charge is 2.24. The van der Waals surface area contributed by atoms with E-state index in [9.17, 15) is 4.79 Å². The third-order valence-electron chi connectivity index (χ3n) is 4.08. The van der Waals surface area contributed by atoms with Gasteiger partial charge in [0.2, 0.25) is 0 Å². The van der Waals surface area contributed by atoms with Crippen LogP contribution >= 0.6 is 0 Å². The van der Waals surface area contributed by atoms with Crippen LogP contribution in [0.4, 0.5) is 10.5 Å². The number of amides is 2. The van der Waals surface area contributed by atoms with E-state index in [-0.39, 0.29) is 6.03 Å². The number of rotatable bonds is 4. The molecule has 1 fully saturated rings. The first-order valence-electron chi connectivity index (χ1n) is 7.85. The number of urea groups is 1. The molecule has 0 aliphatic carbocycles. The zero-order valence-electron chi connectivity index (χ0n) is 13.4. The van der Waals surface area contributed by atoms with Crippen molar-refractivity contribution in [1.29, 1.82) is 0 Å². The number of hydrogen-bond donors (Lipinski definition) is 1. The van der Waals surface area contributed by atoms with Gasteiger partial charge in [-0.2, -0.15) is 0 Å². The van der Waals surface area contributed by atoms with E-state index >= 15 is 0 Å². The summed E-state index contributed by atoms with van der Waals surface area (Å²) in [6.07, 6.45) is 1.22. The van der Waals surface area contributed by atoms with Crippen molar-refractivity contribution >= 4 is 11.7 Å². The molecule has 1 saturated heterocycles. The summed E-state index contributed by atoms with van der Waals surface area (Å²) >= 11 is 0. The van der Waals surface area contributed by atoms with Crippen LogP contribution in [0.2, 0.25) is 0 Å². The van der Waals surface area contributed by atoms with Crippen LogP contribution in [0, 0.1) is 11.8 Å². The maximum atomic E-state index is 12.2. The highest BCUT2D eigenvalue weighted by atomic mass is 16.2. The van der Waals surface area contributed by atoms with Crippen LogP contribution in [-0.2, 0) is 0 Å². The van der Waals surface area contributed by atoms with Gasteiger partial charge < -0.3 is 15.1 Å². The molecule has 0 saturated carbocycles. The second kappa shape index (κ2) is 7.34. The monoisotopic (exact) mass is 289 g/mol. The van der Waals surface area contributed by atoms with Crippen molar-refractivity contribution < 1.29 is 4.79 Å². The SMILES string of the molecule is CC1CC(C)CN(C(=O)NCCN(C)c2ccccc2)C1. The average molecular weight is 289 g/mol. The molecule has 4 heteroatoms. The van der Waals surface area contributed by atoms with E-state index in [0.29, 0.717) is 18.4 Å². The predicted molar refractivity (Wildman–Crippen MR) is 87.6 cm³/mol. The Kier molecular flexibility index (Phi) is 5.48. The largest absolute Gasteiger partial charge is 0.373 e. The number of carbonyl (C=O) groups excluding carboxylic acids is 1. The minimum absolute atomic E-state index is 0.0786. The number of piperidine rings is 1. The van der Waals surface area contributed by atoms with E-state index in [1.54, 1.807) is 0 Å². The van der Waals surface area contributed by atoms with Gasteiger partial charge in [-0.3, -0.25) is 0 Å². The van der Waals surface area contributed by atoms with Gasteiger partial charge in [0.25, 0.3) is 0 Å². The Morgan fingerprint density at radius 2 is 1.86 bits per heavy atom. The maximum Gasteiger partial charge on any atom is 0.317 e. The van der Waals surface area contributed by atoms with E-state index in [0.717, 1.165) is 19.6 Å². The number of para-hydroxylation sites is 1. The molecule has 0 spiro atoms. The van der Waals surface area contributed by atoms with Crippen LogP contribution in [0.3, 0.4) is 0 Å². The fourth-order valence-electron chi connectivity index (χ4n) is 3.08. The van der Waals surface area contributed by atoms with Crippen LogP contribution < -0.4 is 10.2 Å². The van der Waals surface area contributed by atoms with Crippen LogP contribution in [0.25, 0.3) is 0 Å². The van der Waals surface area contributed by atoms with Crippen molar-refractivity contribution in [1.82, 2.24) is 10.2 Å². The molecule has 1 aliphatic heterocycles. The van der Waals surface area contributed by atoms with Gasteiger partial charge in [0.05, 0.1) is 0 Å². The van der Waals surface area contributed by atoms with E-state index in [1.807, 2.05) is 30.1 Å². The Hall–Kier alpha value is -1.71. The average Bonchev–Trinajstić information content (AvgIpc) is 2.47. The molecule has 1 heterocycles. The molecule has 1 aliphatic rings. The number of anilines is 1. The van der Waals surface area contributed by atoms with Crippen LogP contribution in [0.1, 0.15) is 20.3 Å². The fourth-order valence-corrected chi connectivity index (χ4v) is 3.08. The van der Waals surface area contributed by atoms with Gasteiger partial charge in [0.15, 0.2) is 0 Å². The van der Waals surface area contributed by atoms with Gasteiger partial charge in [-0.15, -0.1) is 0 Å². The van der Waals surface area contributed by atoms with Crippen molar-refractivity contribution in [3.63, 3.8) is 0 Å². The molecular weight excluding hydrogens is 262 g/mol. The summed E-state index contributed by atoms with van der Waals surface area (Å²) in [6, 6.07) is 10.3. The number of likely N-dealkylation sites (tertiary alicyclic amines) is 1. The Balaban J connectivity index is 1.74. The summed E-state index contributed by atoms with van der Waals surface area (Å²) in [5.41, 5.74) is 1.17. The summed E-state index contributed by atoms with van der Waals surface area (Å²) in [7, 11) is 2.05. The van der Waals surface area contributed by atoms with Crippen LogP contribution in [-0.4, -0.2) is 44.2 Å². The van der Waals surface area contributed by atoms with Crippen LogP contribution in [0.5, 0.6) is 0 Å². The van der Waals surface area contributed by atoms with Crippen molar-refractivity contribution in [2.24, 2.45) is 11.8 Å². The molecule has 1 aromatic rings. The van der Waals surface area contributed by atoms with Gasteiger partial charge in [-0.05, 0) is 30.4 Å². The van der Waals surface area contributed by atoms with E-state index in [2.05, 4.69) is 36.2 Å². The van der Waals surface area contributed by atoms with Crippen LogP contribution in [0.15, 0.2) is 30.3 Å². The molecule has 2 amide bonds. The minimum Gasteiger partial charge on any atom is -0.373 e. The lowest BCUT2D eigenvalue weighted by Crippen LogP contribution is -2.48. The first-order chi connectivity index (χ1) is 10.1. The molecule has 116 valence electrons. The van der Waals surface area contributed by atoms with E-state index in [4.69, 9.17) is 0 Å². The smallest absolute Gasteiger partial charge is 0.317 e. The summed E-state index contributed by atoms with van der Waals surface area (Å²) in [6.45, 7) is 7.69. The number of hydrogen-bond acceptors (Lipinski definition) is 2. The van der Waals surface area contributed by atoms with E-state index in [1.165, 1.54) is 12.1 Å². The zero-order chi connectivity index (χ0) is 15.2. The summed E-state index contributed by atoms with van der Waals surface area (Å²) in [5.74, 6) is 1.21. The lowest BCUT2D eigenvalue weighted by atomic mass is 9.92. The van der Waals surface area contributed by atoms with Gasteiger partial charge >= 0.3 is 6.03 Å². The van der Waals surface area contributed by atoms with Crippen molar-refractivity contribution in [2.75, 3.05) is 38.1 Å². The fraction of sp³-hybridized carbons (Fsp3) is 0.588. The van der Waals surface area contributed by atoms with Gasteiger partial charge in [-0.25, -0.2) is 4.79 Å². The van der Waals surface area contributed by atoms with Crippen molar-refractivity contribution in [3.05, 3.63) is 30.3 Å². The molecule has 2 unspecified atom stereocenters. The Morgan fingerprint density at radius 1 is 1.24 bits per heavy atom. The Bertz CT molecular complexity index is 439. The highest BCUT2D eigenvalue weighted by Crippen LogP contribution is 2.20. The third-order valence-corrected chi connectivity index (χ3v) is 4.08. The maximum absolute atomic E-state index is 12.2. The lowest BCUT2D eigenvalue weighted by Gasteiger charge is -2.35. The number of nitrogens with one attached hydrogen (secondary N) is 1. The topological polar surface area (TPSA) is 35.6 Å². The molecule has 1 aromatic carbocycles. The molecule has 0 aromatic heterocycles. The zero-order valence-corrected chi connectivity index (χ0v) is 13.4. The summed E-state index contributed by atoms with van der Waals surface area (Å²) < 4.78 is 0. The van der Waals surface area contributed by atoms with Gasteiger partial charge in [-0.1, -0.05) is 32.0 Å². The second-order valence-corrected chi connectivity index (χ2v) is 6.34. The molecule has 2 rings (SSSR count). The first-order valence-corrected chi connectivity index (χ1v) is 7.85. The standard InChI is InChI=1S/C17H27N3O/c1-14-11-15(2)13-20(12-14)17(21)18-9-10-19(3)16-7-5-4-6-8-16/h4-8,14-15H,9-13H2,1-3H3,(H,18,21). The molecule has 2 atom stereocenters. The predicted octanol–water partition coefficient (Wildman–Crippen LogP) is 2.81. The normalized spacial score (nSPS) is 22.0. The number of carbonyl (C=O) groups is 1. The van der Waals surface area contributed by atoms with Gasteiger partial charge in [0, 0.05) is 38.9 Å². The highest BCUT2D eigenvalue weighted by molar-refractivity contribution is 5.74. The molecule has 1 N–H and O–H groups in total. The number of benzene rings is 1. The molecule has 0 radical (unpaired) electrons. The molecule has 21 heavy (non-hydrogen) atoms. The quantitative estimate of drug-likeness (QED) is 0.925. The summed E-state index contributed by atoms with van der Waals surface area (Å²) in [4.78, 5) is 16.3. The van der Waals surface area contributed by atoms with E-state index < -0.39 is 0 Å². The van der Waals surface area contributed by atoms with Crippen molar-refractivity contribution in [2.45, 2.75) is 20.3 Å². The Labute approximate surface area is 128 Å².